The maximum absolute atomic E-state index is 13.5. The summed E-state index contributed by atoms with van der Waals surface area (Å²) >= 11 is 1.59. The second-order valence-electron chi connectivity index (χ2n) is 10.1. The fourth-order valence-electron chi connectivity index (χ4n) is 4.79. The third-order valence-electron chi connectivity index (χ3n) is 6.60. The highest BCUT2D eigenvalue weighted by Gasteiger charge is 2.32. The molecule has 0 spiro atoms. The molecule has 4 rings (SSSR count). The molecular weight excluding hydrogens is 420 g/mol. The third kappa shape index (κ3) is 4.22. The lowest BCUT2D eigenvalue weighted by Crippen LogP contribution is -2.35. The van der Waals surface area contributed by atoms with Gasteiger partial charge >= 0.3 is 0 Å². The summed E-state index contributed by atoms with van der Waals surface area (Å²) in [7, 11) is 0. The van der Waals surface area contributed by atoms with Gasteiger partial charge in [0.05, 0.1) is 5.39 Å². The second kappa shape index (κ2) is 8.43. The van der Waals surface area contributed by atoms with Crippen molar-refractivity contribution in [2.24, 2.45) is 11.3 Å². The van der Waals surface area contributed by atoms with Crippen LogP contribution in [-0.2, 0) is 17.6 Å². The first kappa shape index (κ1) is 22.6. The normalized spacial score (nSPS) is 17.2. The summed E-state index contributed by atoms with van der Waals surface area (Å²) in [5.74, 6) is 0.343. The number of carbonyl (C=O) groups is 1. The molecule has 0 fully saturated rings. The summed E-state index contributed by atoms with van der Waals surface area (Å²) in [5, 5.41) is 12.2. The van der Waals surface area contributed by atoms with Crippen LogP contribution < -0.4 is 10.9 Å². The van der Waals surface area contributed by atoms with Gasteiger partial charge in [-0.25, -0.2) is 0 Å². The van der Waals surface area contributed by atoms with E-state index in [-0.39, 0.29) is 16.9 Å². The molecule has 0 saturated heterocycles. The first-order valence-corrected chi connectivity index (χ1v) is 12.2. The SMILES string of the molecule is CCC(C(=O)Nc1cc(C)cc(C)c1)n1nnc2sc3c(c2c1=O)CCC(C(C)(C)C)C3. The number of nitrogens with one attached hydrogen (secondary N) is 1. The number of fused-ring (bicyclic) bond motifs is 3. The molecule has 1 aliphatic rings. The van der Waals surface area contributed by atoms with Gasteiger partial charge in [0.25, 0.3) is 5.56 Å². The fourth-order valence-corrected chi connectivity index (χ4v) is 6.03. The number of nitrogens with zero attached hydrogens (tertiary/aromatic N) is 3. The molecule has 1 aliphatic carbocycles. The fraction of sp³-hybridized carbons (Fsp3) is 0.520. The second-order valence-corrected chi connectivity index (χ2v) is 11.2. The van der Waals surface area contributed by atoms with Crippen molar-refractivity contribution in [3.05, 3.63) is 50.1 Å². The van der Waals surface area contributed by atoms with Crippen LogP contribution in [0.5, 0.6) is 0 Å². The van der Waals surface area contributed by atoms with Crippen molar-refractivity contribution in [1.82, 2.24) is 15.0 Å². The summed E-state index contributed by atoms with van der Waals surface area (Å²) in [4.78, 5) is 28.5. The Balaban J connectivity index is 1.68. The zero-order valence-corrected chi connectivity index (χ0v) is 20.6. The predicted octanol–water partition coefficient (Wildman–Crippen LogP) is 5.21. The molecule has 1 aromatic carbocycles. The number of carbonyl (C=O) groups excluding carboxylic acids is 1. The van der Waals surface area contributed by atoms with Gasteiger partial charge in [0.15, 0.2) is 4.83 Å². The molecule has 6 nitrogen and oxygen atoms in total. The molecule has 1 N–H and O–H groups in total. The molecule has 0 bridgehead atoms. The van der Waals surface area contributed by atoms with Gasteiger partial charge < -0.3 is 5.32 Å². The lowest BCUT2D eigenvalue weighted by atomic mass is 9.72. The number of hydrogen-bond acceptors (Lipinski definition) is 5. The number of rotatable bonds is 4. The van der Waals surface area contributed by atoms with Crippen LogP contribution in [-0.4, -0.2) is 20.9 Å². The zero-order valence-electron chi connectivity index (χ0n) is 19.8. The van der Waals surface area contributed by atoms with Gasteiger partial charge in [-0.2, -0.15) is 4.68 Å². The summed E-state index contributed by atoms with van der Waals surface area (Å²) in [6, 6.07) is 5.20. The van der Waals surface area contributed by atoms with E-state index >= 15 is 0 Å². The van der Waals surface area contributed by atoms with Gasteiger partial charge in [-0.1, -0.05) is 39.0 Å². The molecule has 32 heavy (non-hydrogen) atoms. The van der Waals surface area contributed by atoms with Crippen LogP contribution >= 0.6 is 11.3 Å². The van der Waals surface area contributed by atoms with E-state index in [2.05, 4.69) is 42.5 Å². The van der Waals surface area contributed by atoms with E-state index in [4.69, 9.17) is 0 Å². The van der Waals surface area contributed by atoms with E-state index in [1.165, 1.54) is 9.56 Å². The van der Waals surface area contributed by atoms with Crippen molar-refractivity contribution in [1.29, 1.82) is 0 Å². The minimum Gasteiger partial charge on any atom is -0.324 e. The van der Waals surface area contributed by atoms with Gasteiger partial charge in [0.1, 0.15) is 6.04 Å². The van der Waals surface area contributed by atoms with E-state index in [1.54, 1.807) is 11.3 Å². The van der Waals surface area contributed by atoms with Crippen LogP contribution in [0.4, 0.5) is 5.69 Å². The Kier molecular flexibility index (Phi) is 5.96. The highest BCUT2D eigenvalue weighted by molar-refractivity contribution is 7.18. The van der Waals surface area contributed by atoms with Crippen LogP contribution in [0.15, 0.2) is 23.0 Å². The minimum atomic E-state index is -0.707. The van der Waals surface area contributed by atoms with E-state index in [1.807, 2.05) is 32.9 Å². The molecule has 2 aromatic heterocycles. The van der Waals surface area contributed by atoms with E-state index in [9.17, 15) is 9.59 Å². The number of thiophene rings is 1. The van der Waals surface area contributed by atoms with Gasteiger partial charge in [0.2, 0.25) is 5.91 Å². The Morgan fingerprint density at radius 2 is 1.94 bits per heavy atom. The molecule has 2 atom stereocenters. The highest BCUT2D eigenvalue weighted by atomic mass is 32.1. The van der Waals surface area contributed by atoms with Crippen molar-refractivity contribution in [2.45, 2.75) is 73.3 Å². The molecule has 2 heterocycles. The van der Waals surface area contributed by atoms with Crippen molar-refractivity contribution in [3.63, 3.8) is 0 Å². The van der Waals surface area contributed by atoms with Crippen LogP contribution in [0.2, 0.25) is 0 Å². The molecule has 0 saturated carbocycles. The first-order chi connectivity index (χ1) is 15.1. The van der Waals surface area contributed by atoms with Crippen molar-refractivity contribution in [3.8, 4) is 0 Å². The monoisotopic (exact) mass is 452 g/mol. The Morgan fingerprint density at radius 3 is 2.56 bits per heavy atom. The van der Waals surface area contributed by atoms with Crippen LogP contribution in [0, 0.1) is 25.2 Å². The molecule has 2 unspecified atom stereocenters. The molecule has 170 valence electrons. The zero-order chi connectivity index (χ0) is 23.2. The van der Waals surface area contributed by atoms with E-state index in [0.717, 1.165) is 41.6 Å². The molecule has 7 heteroatoms. The quantitative estimate of drug-likeness (QED) is 0.589. The summed E-state index contributed by atoms with van der Waals surface area (Å²) in [6.45, 7) is 12.7. The third-order valence-corrected chi connectivity index (χ3v) is 7.74. The summed E-state index contributed by atoms with van der Waals surface area (Å²) in [5.41, 5.74) is 4.02. The topological polar surface area (TPSA) is 76.9 Å². The smallest absolute Gasteiger partial charge is 0.279 e. The van der Waals surface area contributed by atoms with Crippen LogP contribution in [0.1, 0.15) is 68.1 Å². The number of amides is 1. The Labute approximate surface area is 193 Å². The first-order valence-electron chi connectivity index (χ1n) is 11.4. The predicted molar refractivity (Wildman–Crippen MR) is 131 cm³/mol. The van der Waals surface area contributed by atoms with Gasteiger partial charge in [-0.15, -0.1) is 16.4 Å². The molecule has 0 radical (unpaired) electrons. The van der Waals surface area contributed by atoms with Gasteiger partial charge in [0, 0.05) is 10.6 Å². The largest absolute Gasteiger partial charge is 0.324 e. The van der Waals surface area contributed by atoms with Crippen molar-refractivity contribution < 1.29 is 4.79 Å². The average molecular weight is 453 g/mol. The van der Waals surface area contributed by atoms with Crippen molar-refractivity contribution >= 4 is 33.1 Å². The molecular formula is C25H32N4O2S. The molecule has 3 aromatic rings. The lowest BCUT2D eigenvalue weighted by molar-refractivity contribution is -0.119. The highest BCUT2D eigenvalue weighted by Crippen LogP contribution is 2.41. The molecule has 1 amide bonds. The van der Waals surface area contributed by atoms with Gasteiger partial charge in [-0.05, 0) is 79.7 Å². The standard InChI is InChI=1S/C25H32N4O2S/c1-7-19(22(30)26-17-11-14(2)10-15(3)12-17)29-24(31)21-18-9-8-16(25(4,5)6)13-20(18)32-23(21)27-28-29/h10-12,16,19H,7-9,13H2,1-6H3,(H,26,30). The summed E-state index contributed by atoms with van der Waals surface area (Å²) in [6.07, 6.45) is 3.37. The Bertz CT molecular complexity index is 1210. The van der Waals surface area contributed by atoms with Gasteiger partial charge in [-0.3, -0.25) is 9.59 Å². The van der Waals surface area contributed by atoms with Crippen LogP contribution in [0.3, 0.4) is 0 Å². The van der Waals surface area contributed by atoms with Crippen molar-refractivity contribution in [2.75, 3.05) is 5.32 Å². The minimum absolute atomic E-state index is 0.205. The van der Waals surface area contributed by atoms with E-state index in [0.29, 0.717) is 22.6 Å². The maximum Gasteiger partial charge on any atom is 0.279 e. The Morgan fingerprint density at radius 1 is 1.25 bits per heavy atom. The van der Waals surface area contributed by atoms with E-state index < -0.39 is 6.04 Å². The number of anilines is 1. The number of benzene rings is 1. The lowest BCUT2D eigenvalue weighted by Gasteiger charge is -2.33. The number of aryl methyl sites for hydroxylation is 3. The number of hydrogen-bond donors (Lipinski definition) is 1. The number of aromatic nitrogens is 3. The Hall–Kier alpha value is -2.54. The summed E-state index contributed by atoms with van der Waals surface area (Å²) < 4.78 is 1.28. The van der Waals surface area contributed by atoms with Crippen LogP contribution in [0.25, 0.3) is 10.2 Å². The average Bonchev–Trinajstić information content (AvgIpc) is 3.07. The molecule has 0 aliphatic heterocycles. The maximum atomic E-state index is 13.5.